The van der Waals surface area contributed by atoms with Crippen LogP contribution < -0.4 is 10.5 Å². The van der Waals surface area contributed by atoms with Crippen molar-refractivity contribution in [2.45, 2.75) is 18.9 Å². The molecule has 2 unspecified atom stereocenters. The van der Waals surface area contributed by atoms with Crippen LogP contribution in [0.2, 0.25) is 0 Å². The van der Waals surface area contributed by atoms with Gasteiger partial charge in [-0.15, -0.1) is 0 Å². The van der Waals surface area contributed by atoms with E-state index in [2.05, 4.69) is 28.1 Å². The van der Waals surface area contributed by atoms with Gasteiger partial charge in [-0.2, -0.15) is 0 Å². The first-order chi connectivity index (χ1) is 8.25. The monoisotopic (exact) mass is 297 g/mol. The molecule has 2 N–H and O–H groups in total. The van der Waals surface area contributed by atoms with E-state index >= 15 is 0 Å². The average molecular weight is 298 g/mol. The van der Waals surface area contributed by atoms with E-state index in [1.54, 1.807) is 0 Å². The molecular formula is C13H16BrNO2. The molecule has 92 valence electrons. The first-order valence-electron chi connectivity index (χ1n) is 6.04. The van der Waals surface area contributed by atoms with Crippen molar-refractivity contribution in [3.8, 4) is 5.75 Å². The van der Waals surface area contributed by atoms with E-state index < -0.39 is 0 Å². The summed E-state index contributed by atoms with van der Waals surface area (Å²) in [4.78, 5) is 0. The second-order valence-electron chi connectivity index (χ2n) is 4.73. The molecule has 0 aliphatic carbocycles. The second-order valence-corrected chi connectivity index (χ2v) is 5.65. The van der Waals surface area contributed by atoms with Crippen molar-refractivity contribution in [2.75, 3.05) is 19.8 Å². The molecule has 0 radical (unpaired) electrons. The number of hydrogen-bond acceptors (Lipinski definition) is 3. The summed E-state index contributed by atoms with van der Waals surface area (Å²) in [6, 6.07) is 4.23. The normalized spacial score (nSPS) is 24.5. The summed E-state index contributed by atoms with van der Waals surface area (Å²) in [6.45, 7) is 2.37. The quantitative estimate of drug-likeness (QED) is 0.912. The van der Waals surface area contributed by atoms with Crippen molar-refractivity contribution in [1.82, 2.24) is 0 Å². The molecular weight excluding hydrogens is 282 g/mol. The minimum Gasteiger partial charge on any atom is -0.493 e. The van der Waals surface area contributed by atoms with Gasteiger partial charge in [-0.05, 0) is 24.1 Å². The van der Waals surface area contributed by atoms with Crippen LogP contribution in [0.5, 0.6) is 5.75 Å². The van der Waals surface area contributed by atoms with Gasteiger partial charge < -0.3 is 15.2 Å². The smallest absolute Gasteiger partial charge is 0.127 e. The van der Waals surface area contributed by atoms with Gasteiger partial charge in [0.25, 0.3) is 0 Å². The zero-order valence-corrected chi connectivity index (χ0v) is 11.2. The van der Waals surface area contributed by atoms with Gasteiger partial charge in [0.05, 0.1) is 13.2 Å². The molecule has 0 bridgehead atoms. The number of fused-ring (bicyclic) bond motifs is 1. The third kappa shape index (κ3) is 2.09. The van der Waals surface area contributed by atoms with Gasteiger partial charge in [-0.1, -0.05) is 15.9 Å². The summed E-state index contributed by atoms with van der Waals surface area (Å²) >= 11 is 3.55. The van der Waals surface area contributed by atoms with Crippen LogP contribution >= 0.6 is 15.9 Å². The zero-order valence-electron chi connectivity index (χ0n) is 9.62. The van der Waals surface area contributed by atoms with Crippen molar-refractivity contribution in [3.05, 3.63) is 27.7 Å². The SMILES string of the molecule is NC(c1cc(Br)cc2c1OCC2)C1CCOC1. The molecule has 17 heavy (non-hydrogen) atoms. The molecule has 2 heterocycles. The first-order valence-corrected chi connectivity index (χ1v) is 6.83. The van der Waals surface area contributed by atoms with Crippen LogP contribution in [0.15, 0.2) is 16.6 Å². The lowest BCUT2D eigenvalue weighted by Crippen LogP contribution is -2.22. The summed E-state index contributed by atoms with van der Waals surface area (Å²) in [7, 11) is 0. The van der Waals surface area contributed by atoms with Gasteiger partial charge in [0.15, 0.2) is 0 Å². The van der Waals surface area contributed by atoms with Crippen LogP contribution in [0.3, 0.4) is 0 Å². The molecule has 1 aromatic rings. The zero-order chi connectivity index (χ0) is 11.8. The topological polar surface area (TPSA) is 44.5 Å². The van der Waals surface area contributed by atoms with Gasteiger partial charge >= 0.3 is 0 Å². The molecule has 0 saturated carbocycles. The lowest BCUT2D eigenvalue weighted by atomic mass is 9.91. The van der Waals surface area contributed by atoms with Crippen molar-refractivity contribution >= 4 is 15.9 Å². The Kier molecular flexibility index (Phi) is 3.11. The largest absolute Gasteiger partial charge is 0.493 e. The molecule has 1 fully saturated rings. The summed E-state index contributed by atoms with van der Waals surface area (Å²) in [5.74, 6) is 1.42. The molecule has 3 rings (SSSR count). The van der Waals surface area contributed by atoms with Gasteiger partial charge in [0, 0.05) is 35.0 Å². The Bertz CT molecular complexity index is 430. The van der Waals surface area contributed by atoms with Gasteiger partial charge in [-0.3, -0.25) is 0 Å². The molecule has 0 aromatic heterocycles. The summed E-state index contributed by atoms with van der Waals surface area (Å²) in [5, 5.41) is 0. The van der Waals surface area contributed by atoms with Crippen molar-refractivity contribution in [1.29, 1.82) is 0 Å². The molecule has 2 atom stereocenters. The minimum absolute atomic E-state index is 0.0156. The molecule has 1 saturated heterocycles. The highest BCUT2D eigenvalue weighted by Crippen LogP contribution is 2.39. The number of halogens is 1. The van der Waals surface area contributed by atoms with E-state index in [4.69, 9.17) is 15.2 Å². The Morgan fingerprint density at radius 2 is 2.24 bits per heavy atom. The number of nitrogens with two attached hydrogens (primary N) is 1. The molecule has 0 amide bonds. The van der Waals surface area contributed by atoms with E-state index in [0.29, 0.717) is 5.92 Å². The van der Waals surface area contributed by atoms with Gasteiger partial charge in [-0.25, -0.2) is 0 Å². The predicted octanol–water partition coefficient (Wildman–Crippen LogP) is 2.42. The highest BCUT2D eigenvalue weighted by atomic mass is 79.9. The number of benzene rings is 1. The van der Waals surface area contributed by atoms with E-state index in [9.17, 15) is 0 Å². The van der Waals surface area contributed by atoms with E-state index in [1.165, 1.54) is 5.56 Å². The maximum atomic E-state index is 6.36. The predicted molar refractivity (Wildman–Crippen MR) is 69.2 cm³/mol. The summed E-state index contributed by atoms with van der Waals surface area (Å²) < 4.78 is 12.2. The molecule has 4 heteroatoms. The second kappa shape index (κ2) is 4.59. The molecule has 1 aromatic carbocycles. The van der Waals surface area contributed by atoms with Gasteiger partial charge in [0.2, 0.25) is 0 Å². The standard InChI is InChI=1S/C13H16BrNO2/c14-10-5-8-2-4-17-13(8)11(6-10)12(15)9-1-3-16-7-9/h5-6,9,12H,1-4,7,15H2. The lowest BCUT2D eigenvalue weighted by Gasteiger charge is -2.20. The molecule has 3 nitrogen and oxygen atoms in total. The van der Waals surface area contributed by atoms with Crippen LogP contribution in [0.1, 0.15) is 23.6 Å². The Morgan fingerprint density at radius 3 is 3.00 bits per heavy atom. The van der Waals surface area contributed by atoms with Crippen molar-refractivity contribution in [3.63, 3.8) is 0 Å². The maximum Gasteiger partial charge on any atom is 0.127 e. The number of ether oxygens (including phenoxy) is 2. The third-order valence-electron chi connectivity index (χ3n) is 3.61. The summed E-state index contributed by atoms with van der Waals surface area (Å²) in [6.07, 6.45) is 2.03. The van der Waals surface area contributed by atoms with Crippen LogP contribution in [0, 0.1) is 5.92 Å². The van der Waals surface area contributed by atoms with Crippen molar-refractivity contribution < 1.29 is 9.47 Å². The number of rotatable bonds is 2. The fourth-order valence-electron chi connectivity index (χ4n) is 2.64. The Balaban J connectivity index is 1.96. The molecule has 2 aliphatic rings. The van der Waals surface area contributed by atoms with Crippen LogP contribution in [-0.4, -0.2) is 19.8 Å². The Labute approximate surface area is 109 Å². The van der Waals surface area contributed by atoms with Crippen LogP contribution in [-0.2, 0) is 11.2 Å². The van der Waals surface area contributed by atoms with Gasteiger partial charge in [0.1, 0.15) is 5.75 Å². The fourth-order valence-corrected chi connectivity index (χ4v) is 3.16. The van der Waals surface area contributed by atoms with E-state index in [0.717, 1.165) is 48.4 Å². The third-order valence-corrected chi connectivity index (χ3v) is 4.07. The van der Waals surface area contributed by atoms with Crippen molar-refractivity contribution in [2.24, 2.45) is 11.7 Å². The summed E-state index contributed by atoms with van der Waals surface area (Å²) in [5.41, 5.74) is 8.76. The minimum atomic E-state index is 0.0156. The lowest BCUT2D eigenvalue weighted by molar-refractivity contribution is 0.180. The van der Waals surface area contributed by atoms with Crippen LogP contribution in [0.25, 0.3) is 0 Å². The number of hydrogen-bond donors (Lipinski definition) is 1. The average Bonchev–Trinajstić information content (AvgIpc) is 2.97. The Hall–Kier alpha value is -0.580. The molecule has 0 spiro atoms. The first kappa shape index (κ1) is 11.5. The highest BCUT2D eigenvalue weighted by Gasteiger charge is 2.29. The fraction of sp³-hybridized carbons (Fsp3) is 0.538. The Morgan fingerprint density at radius 1 is 1.35 bits per heavy atom. The maximum absolute atomic E-state index is 6.36. The molecule has 2 aliphatic heterocycles. The van der Waals surface area contributed by atoms with E-state index in [-0.39, 0.29) is 6.04 Å². The highest BCUT2D eigenvalue weighted by molar-refractivity contribution is 9.10. The van der Waals surface area contributed by atoms with E-state index in [1.807, 2.05) is 0 Å². The van der Waals surface area contributed by atoms with Crippen LogP contribution in [0.4, 0.5) is 0 Å².